The van der Waals surface area contributed by atoms with Crippen molar-refractivity contribution in [2.45, 2.75) is 19.1 Å². The van der Waals surface area contributed by atoms with E-state index in [-0.39, 0.29) is 13.2 Å². The molecule has 0 heterocycles. The minimum absolute atomic E-state index is 0.0867. The molecular weight excluding hydrogens is 464 g/mol. The Kier molecular flexibility index (Phi) is 9.87. The minimum atomic E-state index is -1.03. The van der Waals surface area contributed by atoms with E-state index >= 15 is 0 Å². The Morgan fingerprint density at radius 1 is 0.972 bits per heavy atom. The second kappa shape index (κ2) is 13.5. The molecule has 36 heavy (non-hydrogen) atoms. The first-order chi connectivity index (χ1) is 17.5. The number of ether oxygens (including phenoxy) is 3. The second-order valence-electron chi connectivity index (χ2n) is 7.69. The first-order valence-corrected chi connectivity index (χ1v) is 11.2. The van der Waals surface area contributed by atoms with E-state index in [2.05, 4.69) is 5.32 Å². The van der Waals surface area contributed by atoms with Gasteiger partial charge in [-0.15, -0.1) is 0 Å². The van der Waals surface area contributed by atoms with Crippen LogP contribution in [0.15, 0.2) is 91.0 Å². The molecule has 0 fully saturated rings. The molecule has 0 unspecified atom stereocenters. The highest BCUT2D eigenvalue weighted by Gasteiger charge is 2.28. The lowest BCUT2D eigenvalue weighted by Gasteiger charge is -2.26. The van der Waals surface area contributed by atoms with Crippen molar-refractivity contribution in [2.24, 2.45) is 0 Å². The summed E-state index contributed by atoms with van der Waals surface area (Å²) in [5, 5.41) is 20.7. The number of para-hydroxylation sites is 1. The molecule has 2 amide bonds. The highest BCUT2D eigenvalue weighted by molar-refractivity contribution is 5.86. The van der Waals surface area contributed by atoms with Crippen LogP contribution in [0.2, 0.25) is 0 Å². The van der Waals surface area contributed by atoms with Crippen LogP contribution < -0.4 is 20.3 Å². The predicted molar refractivity (Wildman–Crippen MR) is 133 cm³/mol. The Hall–Kier alpha value is -4.34. The van der Waals surface area contributed by atoms with Crippen LogP contribution in [0.3, 0.4) is 0 Å². The number of rotatable bonds is 11. The summed E-state index contributed by atoms with van der Waals surface area (Å²) >= 11 is 0. The van der Waals surface area contributed by atoms with Crippen molar-refractivity contribution in [3.05, 3.63) is 102 Å². The molecule has 0 aliphatic carbocycles. The molecule has 0 aromatic heterocycles. The van der Waals surface area contributed by atoms with Gasteiger partial charge in [-0.25, -0.2) is 10.3 Å². The molecule has 0 spiro atoms. The van der Waals surface area contributed by atoms with Gasteiger partial charge < -0.3 is 19.3 Å². The largest absolute Gasteiger partial charge is 0.491 e. The molecule has 3 aromatic carbocycles. The van der Waals surface area contributed by atoms with Crippen LogP contribution in [0.25, 0.3) is 0 Å². The Morgan fingerprint density at radius 2 is 1.69 bits per heavy atom. The minimum Gasteiger partial charge on any atom is -0.491 e. The number of hydrogen-bond acceptors (Lipinski definition) is 7. The first-order valence-electron chi connectivity index (χ1n) is 11.2. The van der Waals surface area contributed by atoms with Gasteiger partial charge in [0.05, 0.1) is 6.61 Å². The molecule has 0 saturated carbocycles. The number of carbonyl (C=O) groups is 2. The number of aryl methyl sites for hydroxylation is 1. The van der Waals surface area contributed by atoms with Gasteiger partial charge in [-0.05, 0) is 49.4 Å². The van der Waals surface area contributed by atoms with Crippen LogP contribution in [0, 0.1) is 6.92 Å². The fraction of sp³-hybridized carbons (Fsp3) is 0.185. The van der Waals surface area contributed by atoms with E-state index in [1.807, 2.05) is 25.1 Å². The number of aliphatic hydroxyl groups is 1. The second-order valence-corrected chi connectivity index (χ2v) is 7.69. The molecule has 9 nitrogen and oxygen atoms in total. The summed E-state index contributed by atoms with van der Waals surface area (Å²) in [6.07, 6.45) is -0.290. The van der Waals surface area contributed by atoms with E-state index in [0.717, 1.165) is 11.6 Å². The number of amides is 2. The average molecular weight is 493 g/mol. The zero-order valence-corrected chi connectivity index (χ0v) is 19.7. The summed E-state index contributed by atoms with van der Waals surface area (Å²) < 4.78 is 17.4. The van der Waals surface area contributed by atoms with E-state index in [1.54, 1.807) is 60.7 Å². The van der Waals surface area contributed by atoms with Gasteiger partial charge in [0.15, 0.2) is 12.2 Å². The van der Waals surface area contributed by atoms with Crippen LogP contribution >= 0.6 is 0 Å². The Bertz CT molecular complexity index is 1150. The normalized spacial score (nSPS) is 12.4. The third-order valence-corrected chi connectivity index (χ3v) is 4.94. The van der Waals surface area contributed by atoms with Crippen molar-refractivity contribution >= 4 is 17.7 Å². The van der Waals surface area contributed by atoms with E-state index in [9.17, 15) is 9.59 Å². The van der Waals surface area contributed by atoms with E-state index in [4.69, 9.17) is 24.5 Å². The third-order valence-electron chi connectivity index (χ3n) is 4.94. The number of aliphatic hydroxyl groups excluding tert-OH is 1. The topological polar surface area (TPSA) is 126 Å². The lowest BCUT2D eigenvalue weighted by Crippen LogP contribution is -2.30. The van der Waals surface area contributed by atoms with Crippen molar-refractivity contribution in [3.8, 4) is 11.5 Å². The van der Waals surface area contributed by atoms with Crippen LogP contribution in [0.1, 0.15) is 17.2 Å². The summed E-state index contributed by atoms with van der Waals surface area (Å²) in [4.78, 5) is 24.6. The molecule has 2 atom stereocenters. The first kappa shape index (κ1) is 26.3. The van der Waals surface area contributed by atoms with Gasteiger partial charge in [0.2, 0.25) is 0 Å². The number of hydroxylamine groups is 1. The molecule has 0 aliphatic rings. The zero-order chi connectivity index (χ0) is 25.8. The lowest BCUT2D eigenvalue weighted by molar-refractivity contribution is -0.124. The van der Waals surface area contributed by atoms with Crippen molar-refractivity contribution < 1.29 is 34.1 Å². The smallest absolute Gasteiger partial charge is 0.412 e. The van der Waals surface area contributed by atoms with Gasteiger partial charge in [0, 0.05) is 17.3 Å². The summed E-state index contributed by atoms with van der Waals surface area (Å²) in [5.41, 5.74) is 3.62. The fourth-order valence-corrected chi connectivity index (χ4v) is 3.25. The number of nitrogens with one attached hydrogen (secondary N) is 2. The zero-order valence-electron chi connectivity index (χ0n) is 19.7. The SMILES string of the molecule is Cc1ccc(NC(=O)O[C@H](c2cccc(OCCO)c2)[C@@H](/C=C/C(=O)NO)Oc2ccccc2)cc1. The maximum Gasteiger partial charge on any atom is 0.412 e. The summed E-state index contributed by atoms with van der Waals surface area (Å²) in [6, 6.07) is 22.8. The number of benzene rings is 3. The Balaban J connectivity index is 1.95. The Labute approximate surface area is 208 Å². The van der Waals surface area contributed by atoms with Crippen LogP contribution in [-0.2, 0) is 9.53 Å². The average Bonchev–Trinajstić information content (AvgIpc) is 2.90. The van der Waals surface area contributed by atoms with Crippen molar-refractivity contribution in [2.75, 3.05) is 18.5 Å². The van der Waals surface area contributed by atoms with Gasteiger partial charge in [0.25, 0.3) is 5.91 Å². The van der Waals surface area contributed by atoms with Crippen LogP contribution in [0.4, 0.5) is 10.5 Å². The molecule has 0 aliphatic heterocycles. The Morgan fingerprint density at radius 3 is 2.39 bits per heavy atom. The van der Waals surface area contributed by atoms with E-state index < -0.39 is 24.2 Å². The standard InChI is InChI=1S/C27H28N2O7/c1-19-10-12-21(13-11-19)28-27(32)36-26(20-6-5-9-23(18-20)34-17-16-30)24(14-15-25(31)29-33)35-22-7-3-2-4-8-22/h2-15,18,24,26,30,33H,16-17H2,1H3,(H,28,32)(H,29,31)/b15-14+/t24-,26-/m1/s1. The molecule has 0 saturated heterocycles. The monoisotopic (exact) mass is 492 g/mol. The molecular formula is C27H28N2O7. The molecule has 0 radical (unpaired) electrons. The van der Waals surface area contributed by atoms with E-state index in [1.165, 1.54) is 11.6 Å². The maximum atomic E-state index is 12.9. The number of hydrogen-bond donors (Lipinski definition) is 4. The molecule has 4 N–H and O–H groups in total. The van der Waals surface area contributed by atoms with Gasteiger partial charge >= 0.3 is 6.09 Å². The van der Waals surface area contributed by atoms with Crippen molar-refractivity contribution in [1.29, 1.82) is 0 Å². The highest BCUT2D eigenvalue weighted by atomic mass is 16.6. The summed E-state index contributed by atoms with van der Waals surface area (Å²) in [6.45, 7) is 1.86. The summed E-state index contributed by atoms with van der Waals surface area (Å²) in [5.74, 6) is 0.140. The highest BCUT2D eigenvalue weighted by Crippen LogP contribution is 2.29. The lowest BCUT2D eigenvalue weighted by atomic mass is 10.0. The number of anilines is 1. The number of carbonyl (C=O) groups excluding carboxylic acids is 2. The summed E-state index contributed by atoms with van der Waals surface area (Å²) in [7, 11) is 0. The third kappa shape index (κ3) is 8.15. The fourth-order valence-electron chi connectivity index (χ4n) is 3.25. The molecule has 3 aromatic rings. The van der Waals surface area contributed by atoms with E-state index in [0.29, 0.717) is 22.7 Å². The van der Waals surface area contributed by atoms with Crippen molar-refractivity contribution in [3.63, 3.8) is 0 Å². The van der Waals surface area contributed by atoms with Crippen molar-refractivity contribution in [1.82, 2.24) is 5.48 Å². The van der Waals surface area contributed by atoms with Gasteiger partial charge in [-0.2, -0.15) is 0 Å². The molecule has 188 valence electrons. The van der Waals surface area contributed by atoms with Crippen LogP contribution in [0.5, 0.6) is 11.5 Å². The molecule has 9 heteroatoms. The molecule has 3 rings (SSSR count). The predicted octanol–water partition coefficient (Wildman–Crippen LogP) is 4.17. The van der Waals surface area contributed by atoms with Crippen LogP contribution in [-0.4, -0.2) is 41.6 Å². The maximum absolute atomic E-state index is 12.9. The van der Waals surface area contributed by atoms with Gasteiger partial charge in [0.1, 0.15) is 18.1 Å². The van der Waals surface area contributed by atoms with Gasteiger partial charge in [-0.3, -0.25) is 15.3 Å². The van der Waals surface area contributed by atoms with Gasteiger partial charge in [-0.1, -0.05) is 48.0 Å². The molecule has 0 bridgehead atoms. The quantitative estimate of drug-likeness (QED) is 0.180.